The van der Waals surface area contributed by atoms with Crippen molar-refractivity contribution < 1.29 is 13.2 Å². The molecule has 0 aliphatic carbocycles. The van der Waals surface area contributed by atoms with E-state index in [-0.39, 0.29) is 6.10 Å². The summed E-state index contributed by atoms with van der Waals surface area (Å²) in [5.41, 5.74) is -0.472. The Balaban J connectivity index is 2.90. The molecule has 4 nitrogen and oxygen atoms in total. The molecule has 0 radical (unpaired) electrons. The van der Waals surface area contributed by atoms with Gasteiger partial charge in [-0.2, -0.15) is 4.31 Å². The van der Waals surface area contributed by atoms with E-state index in [0.717, 1.165) is 0 Å². The van der Waals surface area contributed by atoms with E-state index in [2.05, 4.69) is 0 Å². The first-order chi connectivity index (χ1) is 7.19. The third-order valence-corrected chi connectivity index (χ3v) is 5.11. The highest BCUT2D eigenvalue weighted by molar-refractivity contribution is 7.89. The van der Waals surface area contributed by atoms with Gasteiger partial charge in [-0.25, -0.2) is 8.42 Å². The standard InChI is InChI=1S/C10H20ClNO3S/c1-8(2)16(13,14)12-6-9(5-11)15-10(3,4)7-12/h8-9H,5-7H2,1-4H3. The molecule has 0 aromatic rings. The van der Waals surface area contributed by atoms with Gasteiger partial charge in [-0.3, -0.25) is 0 Å². The van der Waals surface area contributed by atoms with Crippen molar-refractivity contribution in [1.82, 2.24) is 4.31 Å². The van der Waals surface area contributed by atoms with Crippen LogP contribution < -0.4 is 0 Å². The van der Waals surface area contributed by atoms with Crippen LogP contribution in [0.25, 0.3) is 0 Å². The topological polar surface area (TPSA) is 46.6 Å². The lowest BCUT2D eigenvalue weighted by molar-refractivity contribution is -0.108. The maximum Gasteiger partial charge on any atom is 0.216 e. The summed E-state index contributed by atoms with van der Waals surface area (Å²) < 4.78 is 31.3. The van der Waals surface area contributed by atoms with Gasteiger partial charge in [0.15, 0.2) is 0 Å². The number of morpholine rings is 1. The largest absolute Gasteiger partial charge is 0.368 e. The SMILES string of the molecule is CC(C)S(=O)(=O)N1CC(CCl)OC(C)(C)C1. The van der Waals surface area contributed by atoms with E-state index < -0.39 is 20.9 Å². The Labute approximate surface area is 103 Å². The van der Waals surface area contributed by atoms with Gasteiger partial charge < -0.3 is 4.74 Å². The molecule has 16 heavy (non-hydrogen) atoms. The Morgan fingerprint density at radius 2 is 2.06 bits per heavy atom. The summed E-state index contributed by atoms with van der Waals surface area (Å²) in [5, 5.41) is -0.405. The van der Waals surface area contributed by atoms with Crippen molar-refractivity contribution in [2.45, 2.75) is 44.6 Å². The molecule has 6 heteroatoms. The summed E-state index contributed by atoms with van der Waals surface area (Å²) in [6, 6.07) is 0. The minimum Gasteiger partial charge on any atom is -0.368 e. The lowest BCUT2D eigenvalue weighted by Crippen LogP contribution is -2.56. The van der Waals surface area contributed by atoms with Gasteiger partial charge in [0.25, 0.3) is 0 Å². The van der Waals surface area contributed by atoms with E-state index >= 15 is 0 Å². The molecule has 0 spiro atoms. The van der Waals surface area contributed by atoms with Crippen molar-refractivity contribution in [3.8, 4) is 0 Å². The Hall–Kier alpha value is 0.160. The molecule has 1 rings (SSSR count). The van der Waals surface area contributed by atoms with Crippen molar-refractivity contribution in [2.24, 2.45) is 0 Å². The second-order valence-electron chi connectivity index (χ2n) is 5.04. The molecule has 0 aromatic carbocycles. The molecule has 0 N–H and O–H groups in total. The van der Waals surface area contributed by atoms with Crippen LogP contribution in [0.15, 0.2) is 0 Å². The Kier molecular flexibility index (Phi) is 4.27. The summed E-state index contributed by atoms with van der Waals surface area (Å²) >= 11 is 5.76. The zero-order valence-corrected chi connectivity index (χ0v) is 11.8. The third kappa shape index (κ3) is 3.09. The van der Waals surface area contributed by atoms with Crippen LogP contribution in [0.2, 0.25) is 0 Å². The van der Waals surface area contributed by atoms with E-state index in [0.29, 0.717) is 19.0 Å². The van der Waals surface area contributed by atoms with Crippen LogP contribution >= 0.6 is 11.6 Å². The number of hydrogen-bond donors (Lipinski definition) is 0. The van der Waals surface area contributed by atoms with Crippen LogP contribution in [0, 0.1) is 0 Å². The zero-order valence-electron chi connectivity index (χ0n) is 10.2. The minimum atomic E-state index is -3.22. The fraction of sp³-hybridized carbons (Fsp3) is 1.00. The van der Waals surface area contributed by atoms with E-state index in [1.807, 2.05) is 13.8 Å². The third-order valence-electron chi connectivity index (χ3n) is 2.58. The summed E-state index contributed by atoms with van der Waals surface area (Å²) in [6.07, 6.45) is -0.223. The number of hydrogen-bond acceptors (Lipinski definition) is 3. The van der Waals surface area contributed by atoms with Gasteiger partial charge in [-0.05, 0) is 27.7 Å². The molecular formula is C10H20ClNO3S. The summed E-state index contributed by atoms with van der Waals surface area (Å²) in [7, 11) is -3.22. The zero-order chi connectivity index (χ0) is 12.6. The monoisotopic (exact) mass is 269 g/mol. The van der Waals surface area contributed by atoms with Crippen LogP contribution in [-0.4, -0.2) is 48.6 Å². The van der Waals surface area contributed by atoms with Gasteiger partial charge in [0.05, 0.1) is 17.0 Å². The molecular weight excluding hydrogens is 250 g/mol. The van der Waals surface area contributed by atoms with Crippen LogP contribution in [0.4, 0.5) is 0 Å². The Bertz CT molecular complexity index is 340. The van der Waals surface area contributed by atoms with Crippen LogP contribution in [0.5, 0.6) is 0 Å². The van der Waals surface area contributed by atoms with Gasteiger partial charge in [0.2, 0.25) is 10.0 Å². The second-order valence-corrected chi connectivity index (χ2v) is 7.84. The van der Waals surface area contributed by atoms with Gasteiger partial charge >= 0.3 is 0 Å². The fourth-order valence-corrected chi connectivity index (χ4v) is 3.44. The van der Waals surface area contributed by atoms with Crippen molar-refractivity contribution in [3.05, 3.63) is 0 Å². The number of sulfonamides is 1. The molecule has 96 valence electrons. The van der Waals surface area contributed by atoms with Crippen molar-refractivity contribution >= 4 is 21.6 Å². The van der Waals surface area contributed by atoms with Gasteiger partial charge in [0.1, 0.15) is 0 Å². The molecule has 0 amide bonds. The van der Waals surface area contributed by atoms with Crippen molar-refractivity contribution in [2.75, 3.05) is 19.0 Å². The van der Waals surface area contributed by atoms with E-state index in [9.17, 15) is 8.42 Å². The molecule has 1 aliphatic heterocycles. The highest BCUT2D eigenvalue weighted by Gasteiger charge is 2.39. The lowest BCUT2D eigenvalue weighted by atomic mass is 10.1. The highest BCUT2D eigenvalue weighted by Crippen LogP contribution is 2.25. The predicted molar refractivity (Wildman–Crippen MR) is 65.3 cm³/mol. The van der Waals surface area contributed by atoms with Crippen LogP contribution in [0.1, 0.15) is 27.7 Å². The average Bonchev–Trinajstić information content (AvgIpc) is 2.14. The summed E-state index contributed by atoms with van der Waals surface area (Å²) in [4.78, 5) is 0. The summed E-state index contributed by atoms with van der Waals surface area (Å²) in [5.74, 6) is 0.313. The van der Waals surface area contributed by atoms with Crippen LogP contribution in [-0.2, 0) is 14.8 Å². The van der Waals surface area contributed by atoms with Gasteiger partial charge in [-0.1, -0.05) is 0 Å². The minimum absolute atomic E-state index is 0.223. The van der Waals surface area contributed by atoms with E-state index in [1.54, 1.807) is 13.8 Å². The number of nitrogens with zero attached hydrogens (tertiary/aromatic N) is 1. The first-order valence-corrected chi connectivity index (χ1v) is 7.45. The normalized spacial score (nSPS) is 27.2. The first kappa shape index (κ1) is 14.2. The molecule has 1 aliphatic rings. The predicted octanol–water partition coefficient (Wildman–Crippen LogP) is 1.44. The number of ether oxygens (including phenoxy) is 1. The Morgan fingerprint density at radius 3 is 2.50 bits per heavy atom. The molecule has 1 unspecified atom stereocenters. The number of halogens is 1. The quantitative estimate of drug-likeness (QED) is 0.729. The van der Waals surface area contributed by atoms with Gasteiger partial charge in [-0.15, -0.1) is 11.6 Å². The van der Waals surface area contributed by atoms with E-state index in [1.165, 1.54) is 4.31 Å². The summed E-state index contributed by atoms with van der Waals surface area (Å²) in [6.45, 7) is 7.89. The number of rotatable bonds is 3. The molecule has 0 bridgehead atoms. The average molecular weight is 270 g/mol. The fourth-order valence-electron chi connectivity index (χ4n) is 1.81. The maximum absolute atomic E-state index is 12.1. The van der Waals surface area contributed by atoms with Crippen molar-refractivity contribution in [3.63, 3.8) is 0 Å². The molecule has 0 aromatic heterocycles. The number of alkyl halides is 1. The van der Waals surface area contributed by atoms with Crippen molar-refractivity contribution in [1.29, 1.82) is 0 Å². The second kappa shape index (κ2) is 4.80. The molecule has 0 saturated carbocycles. The van der Waals surface area contributed by atoms with Gasteiger partial charge in [0, 0.05) is 19.0 Å². The van der Waals surface area contributed by atoms with Crippen LogP contribution in [0.3, 0.4) is 0 Å². The highest BCUT2D eigenvalue weighted by atomic mass is 35.5. The Morgan fingerprint density at radius 1 is 1.50 bits per heavy atom. The first-order valence-electron chi connectivity index (χ1n) is 5.42. The molecule has 1 fully saturated rings. The van der Waals surface area contributed by atoms with E-state index in [4.69, 9.17) is 16.3 Å². The molecule has 1 heterocycles. The molecule has 1 saturated heterocycles. The lowest BCUT2D eigenvalue weighted by Gasteiger charge is -2.42. The maximum atomic E-state index is 12.1. The molecule has 1 atom stereocenters. The smallest absolute Gasteiger partial charge is 0.216 e.